The summed E-state index contributed by atoms with van der Waals surface area (Å²) in [4.78, 5) is 0. The third-order valence-corrected chi connectivity index (χ3v) is 2.64. The van der Waals surface area contributed by atoms with Crippen LogP contribution in [0.4, 0.5) is 0 Å². The molecule has 1 aromatic carbocycles. The molecule has 1 N–H and O–H groups in total. The van der Waals surface area contributed by atoms with Crippen molar-refractivity contribution < 1.29 is 4.74 Å². The van der Waals surface area contributed by atoms with Crippen molar-refractivity contribution in [1.29, 1.82) is 0 Å². The summed E-state index contributed by atoms with van der Waals surface area (Å²) in [7, 11) is 0. The summed E-state index contributed by atoms with van der Waals surface area (Å²) < 4.78 is 5.59. The number of rotatable bonds is 6. The Morgan fingerprint density at radius 2 is 1.88 bits per heavy atom. The Morgan fingerprint density at radius 3 is 2.53 bits per heavy atom. The van der Waals surface area contributed by atoms with E-state index in [1.807, 2.05) is 19.1 Å². The fraction of sp³-hybridized carbons (Fsp3) is 0.600. The highest BCUT2D eigenvalue weighted by Crippen LogP contribution is 2.19. The second kappa shape index (κ2) is 6.65. The van der Waals surface area contributed by atoms with Crippen molar-refractivity contribution in [2.45, 2.75) is 40.7 Å². The molecule has 0 atom stereocenters. The number of hydrogen-bond acceptors (Lipinski definition) is 2. The van der Waals surface area contributed by atoms with E-state index in [0.29, 0.717) is 5.41 Å². The first-order chi connectivity index (χ1) is 8.03. The van der Waals surface area contributed by atoms with Crippen molar-refractivity contribution in [2.24, 2.45) is 5.41 Å². The topological polar surface area (TPSA) is 21.3 Å². The quantitative estimate of drug-likeness (QED) is 0.761. The monoisotopic (exact) mass is 235 g/mol. The van der Waals surface area contributed by atoms with E-state index in [9.17, 15) is 0 Å². The molecule has 0 fully saturated rings. The summed E-state index contributed by atoms with van der Waals surface area (Å²) in [6, 6.07) is 8.23. The summed E-state index contributed by atoms with van der Waals surface area (Å²) in [5, 5.41) is 3.48. The van der Waals surface area contributed by atoms with Crippen molar-refractivity contribution in [3.05, 3.63) is 29.8 Å². The van der Waals surface area contributed by atoms with Gasteiger partial charge in [-0.05, 0) is 31.4 Å². The highest BCUT2D eigenvalue weighted by Gasteiger charge is 2.09. The lowest BCUT2D eigenvalue weighted by Gasteiger charge is -2.18. The van der Waals surface area contributed by atoms with E-state index in [0.717, 1.165) is 25.4 Å². The average molecular weight is 235 g/mol. The zero-order valence-electron chi connectivity index (χ0n) is 11.5. The highest BCUT2D eigenvalue weighted by atomic mass is 16.5. The van der Waals surface area contributed by atoms with Crippen LogP contribution in [0.25, 0.3) is 0 Å². The first-order valence-electron chi connectivity index (χ1n) is 6.44. The van der Waals surface area contributed by atoms with E-state index in [1.165, 1.54) is 12.0 Å². The van der Waals surface area contributed by atoms with Crippen LogP contribution in [0.5, 0.6) is 5.75 Å². The van der Waals surface area contributed by atoms with Crippen LogP contribution in [0.2, 0.25) is 0 Å². The van der Waals surface area contributed by atoms with Crippen molar-refractivity contribution >= 4 is 0 Å². The van der Waals surface area contributed by atoms with Crippen LogP contribution < -0.4 is 10.1 Å². The van der Waals surface area contributed by atoms with Gasteiger partial charge in [0, 0.05) is 12.1 Å². The summed E-state index contributed by atoms with van der Waals surface area (Å²) in [6.07, 6.45) is 1.18. The second-order valence-electron chi connectivity index (χ2n) is 5.53. The molecule has 0 aliphatic heterocycles. The average Bonchev–Trinajstić information content (AvgIpc) is 2.25. The predicted octanol–water partition coefficient (Wildman–Crippen LogP) is 3.61. The van der Waals surface area contributed by atoms with Crippen LogP contribution >= 0.6 is 0 Å². The van der Waals surface area contributed by atoms with Gasteiger partial charge in [0.15, 0.2) is 0 Å². The van der Waals surface area contributed by atoms with E-state index in [4.69, 9.17) is 4.74 Å². The van der Waals surface area contributed by atoms with Crippen LogP contribution in [-0.4, -0.2) is 13.2 Å². The molecule has 0 aromatic heterocycles. The molecular formula is C15H25NO. The van der Waals surface area contributed by atoms with Crippen LogP contribution in [0.15, 0.2) is 24.3 Å². The van der Waals surface area contributed by atoms with Crippen LogP contribution in [-0.2, 0) is 6.54 Å². The molecule has 0 bridgehead atoms. The third-order valence-electron chi connectivity index (χ3n) is 2.64. The third kappa shape index (κ3) is 5.73. The van der Waals surface area contributed by atoms with E-state index >= 15 is 0 Å². The summed E-state index contributed by atoms with van der Waals surface area (Å²) in [5.74, 6) is 0.998. The lowest BCUT2D eigenvalue weighted by atomic mass is 9.92. The van der Waals surface area contributed by atoms with E-state index in [1.54, 1.807) is 0 Å². The number of para-hydroxylation sites is 1. The first-order valence-corrected chi connectivity index (χ1v) is 6.44. The minimum atomic E-state index is 0.395. The molecule has 0 aliphatic rings. The molecule has 2 heteroatoms. The number of ether oxygens (including phenoxy) is 1. The van der Waals surface area contributed by atoms with Gasteiger partial charge in [-0.15, -0.1) is 0 Å². The molecule has 17 heavy (non-hydrogen) atoms. The molecule has 1 rings (SSSR count). The van der Waals surface area contributed by atoms with Gasteiger partial charge in [0.2, 0.25) is 0 Å². The zero-order chi connectivity index (χ0) is 12.7. The Balaban J connectivity index is 2.41. The largest absolute Gasteiger partial charge is 0.494 e. The number of nitrogens with one attached hydrogen (secondary N) is 1. The van der Waals surface area contributed by atoms with Crippen molar-refractivity contribution in [2.75, 3.05) is 13.2 Å². The van der Waals surface area contributed by atoms with E-state index in [-0.39, 0.29) is 0 Å². The van der Waals surface area contributed by atoms with Gasteiger partial charge in [0.1, 0.15) is 5.75 Å². The standard InChI is InChI=1S/C15H25NO/c1-5-17-14-9-7-6-8-13(14)12-16-11-10-15(2,3)4/h6-9,16H,5,10-12H2,1-4H3. The molecule has 0 saturated carbocycles. The smallest absolute Gasteiger partial charge is 0.123 e. The minimum absolute atomic E-state index is 0.395. The summed E-state index contributed by atoms with van der Waals surface area (Å²) in [6.45, 7) is 11.5. The molecule has 0 unspecified atom stereocenters. The molecule has 0 amide bonds. The lowest BCUT2D eigenvalue weighted by Crippen LogP contribution is -2.20. The normalized spacial score (nSPS) is 11.5. The Hall–Kier alpha value is -1.02. The van der Waals surface area contributed by atoms with Crippen LogP contribution in [0, 0.1) is 5.41 Å². The fourth-order valence-corrected chi connectivity index (χ4v) is 1.63. The Labute approximate surface area is 105 Å². The summed E-state index contributed by atoms with van der Waals surface area (Å²) in [5.41, 5.74) is 1.63. The Kier molecular flexibility index (Phi) is 5.49. The maximum atomic E-state index is 5.59. The van der Waals surface area contributed by atoms with E-state index in [2.05, 4.69) is 38.2 Å². The minimum Gasteiger partial charge on any atom is -0.494 e. The van der Waals surface area contributed by atoms with Gasteiger partial charge < -0.3 is 10.1 Å². The van der Waals surface area contributed by atoms with Crippen LogP contribution in [0.1, 0.15) is 39.7 Å². The van der Waals surface area contributed by atoms with Crippen LogP contribution in [0.3, 0.4) is 0 Å². The first kappa shape index (κ1) is 14.0. The number of hydrogen-bond donors (Lipinski definition) is 1. The van der Waals surface area contributed by atoms with E-state index < -0.39 is 0 Å². The predicted molar refractivity (Wildman–Crippen MR) is 73.4 cm³/mol. The van der Waals surface area contributed by atoms with Gasteiger partial charge in [-0.2, -0.15) is 0 Å². The van der Waals surface area contributed by atoms with Crippen molar-refractivity contribution in [1.82, 2.24) is 5.32 Å². The molecule has 96 valence electrons. The molecule has 1 aromatic rings. The molecule has 2 nitrogen and oxygen atoms in total. The van der Waals surface area contributed by atoms with Gasteiger partial charge in [-0.3, -0.25) is 0 Å². The Bertz CT molecular complexity index is 328. The van der Waals surface area contributed by atoms with Gasteiger partial charge in [-0.25, -0.2) is 0 Å². The van der Waals surface area contributed by atoms with Gasteiger partial charge in [-0.1, -0.05) is 39.0 Å². The lowest BCUT2D eigenvalue weighted by molar-refractivity contribution is 0.333. The zero-order valence-corrected chi connectivity index (χ0v) is 11.5. The highest BCUT2D eigenvalue weighted by molar-refractivity contribution is 5.33. The molecule has 0 saturated heterocycles. The molecule has 0 radical (unpaired) electrons. The Morgan fingerprint density at radius 1 is 1.18 bits per heavy atom. The van der Waals surface area contributed by atoms with Gasteiger partial charge >= 0.3 is 0 Å². The van der Waals surface area contributed by atoms with Crippen molar-refractivity contribution in [3.63, 3.8) is 0 Å². The SMILES string of the molecule is CCOc1ccccc1CNCCC(C)(C)C. The summed E-state index contributed by atoms with van der Waals surface area (Å²) >= 11 is 0. The number of benzene rings is 1. The van der Waals surface area contributed by atoms with Gasteiger partial charge in [0.05, 0.1) is 6.61 Å². The van der Waals surface area contributed by atoms with Crippen molar-refractivity contribution in [3.8, 4) is 5.75 Å². The van der Waals surface area contributed by atoms with Gasteiger partial charge in [0.25, 0.3) is 0 Å². The molecular weight excluding hydrogens is 210 g/mol. The maximum Gasteiger partial charge on any atom is 0.123 e. The molecule has 0 aliphatic carbocycles. The second-order valence-corrected chi connectivity index (χ2v) is 5.53. The molecule has 0 heterocycles. The maximum absolute atomic E-state index is 5.59. The fourth-order valence-electron chi connectivity index (χ4n) is 1.63. The molecule has 0 spiro atoms.